The Morgan fingerprint density at radius 2 is 2.38 bits per heavy atom. The van der Waals surface area contributed by atoms with E-state index in [9.17, 15) is 9.59 Å². The summed E-state index contributed by atoms with van der Waals surface area (Å²) in [5.41, 5.74) is 1.28. The summed E-state index contributed by atoms with van der Waals surface area (Å²) in [6, 6.07) is 5.38. The molecule has 1 fully saturated rings. The van der Waals surface area contributed by atoms with Gasteiger partial charge in [-0.3, -0.25) is 24.5 Å². The molecule has 1 aliphatic rings. The number of rotatable bonds is 9. The summed E-state index contributed by atoms with van der Waals surface area (Å²) in [4.78, 5) is 34.9. The van der Waals surface area contributed by atoms with Crippen LogP contribution in [0.15, 0.2) is 23.2 Å². The van der Waals surface area contributed by atoms with Gasteiger partial charge in [0.25, 0.3) is 5.97 Å². The Hall–Kier alpha value is -1.93. The number of cyclic esters (lactones) is 1. The van der Waals surface area contributed by atoms with E-state index in [0.29, 0.717) is 18.8 Å². The molecule has 0 unspecified atom stereocenters. The molecule has 1 aromatic rings. The van der Waals surface area contributed by atoms with Gasteiger partial charge in [0.15, 0.2) is 0 Å². The largest absolute Gasteiger partial charge is 2.00 e. The first-order valence-corrected chi connectivity index (χ1v) is 7.99. The van der Waals surface area contributed by atoms with E-state index in [0.717, 1.165) is 12.2 Å². The minimum atomic E-state index is -0.369. The van der Waals surface area contributed by atoms with Crippen molar-refractivity contribution in [2.24, 2.45) is 4.99 Å². The van der Waals surface area contributed by atoms with Crippen molar-refractivity contribution < 1.29 is 36.1 Å². The Balaban J connectivity index is 0.00000338. The van der Waals surface area contributed by atoms with Crippen molar-refractivity contribution in [2.45, 2.75) is 13.5 Å². The van der Waals surface area contributed by atoms with E-state index in [4.69, 9.17) is 9.47 Å². The van der Waals surface area contributed by atoms with Crippen molar-refractivity contribution in [3.63, 3.8) is 0 Å². The third kappa shape index (κ3) is 7.97. The minimum absolute atomic E-state index is 0. The molecule has 141 valence electrons. The van der Waals surface area contributed by atoms with Gasteiger partial charge in [0.2, 0.25) is 0 Å². The predicted octanol–water partition coefficient (Wildman–Crippen LogP) is 0.633. The molecule has 9 heteroatoms. The molecule has 26 heavy (non-hydrogen) atoms. The number of likely N-dealkylation sites (N-methyl/N-ethyl adjacent to an activating group) is 1. The summed E-state index contributed by atoms with van der Waals surface area (Å²) in [6.07, 6.45) is 1.77. The maximum Gasteiger partial charge on any atom is 2.00 e. The van der Waals surface area contributed by atoms with Gasteiger partial charge in [0.05, 0.1) is 13.1 Å². The van der Waals surface area contributed by atoms with Gasteiger partial charge in [0.1, 0.15) is 0 Å². The van der Waals surface area contributed by atoms with Crippen LogP contribution in [0.2, 0.25) is 0 Å². The third-order valence-corrected chi connectivity index (χ3v) is 3.27. The fourth-order valence-corrected chi connectivity index (χ4v) is 2.10. The average Bonchev–Trinajstić information content (AvgIpc) is 2.98. The van der Waals surface area contributed by atoms with Crippen LogP contribution in [-0.4, -0.2) is 66.2 Å². The summed E-state index contributed by atoms with van der Waals surface area (Å²) >= 11 is 0. The van der Waals surface area contributed by atoms with E-state index >= 15 is 0 Å². The van der Waals surface area contributed by atoms with E-state index in [1.807, 2.05) is 26.1 Å². The zero-order chi connectivity index (χ0) is 18.1. The van der Waals surface area contributed by atoms with Gasteiger partial charge in [-0.2, -0.15) is 6.07 Å². The molecule has 0 atom stereocenters. The summed E-state index contributed by atoms with van der Waals surface area (Å²) < 4.78 is 9.90. The zero-order valence-electron chi connectivity index (χ0n) is 14.8. The smallest absolute Gasteiger partial charge is 0.621 e. The molecule has 0 saturated carbocycles. The second-order valence-corrected chi connectivity index (χ2v) is 5.54. The van der Waals surface area contributed by atoms with Crippen LogP contribution in [-0.2, 0) is 42.7 Å². The van der Waals surface area contributed by atoms with Gasteiger partial charge >= 0.3 is 23.0 Å². The first-order valence-electron chi connectivity index (χ1n) is 7.99. The van der Waals surface area contributed by atoms with Gasteiger partial charge in [-0.1, -0.05) is 18.5 Å². The fourth-order valence-electron chi connectivity index (χ4n) is 2.10. The molecule has 0 aliphatic carbocycles. The molecule has 0 N–H and O–H groups in total. The molecule has 2 rings (SSSR count). The Morgan fingerprint density at radius 3 is 3.08 bits per heavy atom. The first kappa shape index (κ1) is 22.1. The van der Waals surface area contributed by atoms with Crippen LogP contribution in [0.1, 0.15) is 18.3 Å². The van der Waals surface area contributed by atoms with E-state index in [-0.39, 0.29) is 42.1 Å². The van der Waals surface area contributed by atoms with Crippen molar-refractivity contribution in [3.8, 4) is 0 Å². The van der Waals surface area contributed by atoms with Gasteiger partial charge in [0, 0.05) is 31.5 Å². The van der Waals surface area contributed by atoms with Crippen LogP contribution in [0.3, 0.4) is 0 Å². The number of nitrogens with zero attached hydrogens (tertiary/aromatic N) is 4. The monoisotopic (exact) mass is 401 g/mol. The molecular weight excluding hydrogens is 379 g/mol. The number of aromatic nitrogens is 1. The molecule has 0 spiro atoms. The molecule has 8 nitrogen and oxygen atoms in total. The molecule has 0 amide bonds. The van der Waals surface area contributed by atoms with Gasteiger partial charge < -0.3 is 14.4 Å². The van der Waals surface area contributed by atoms with E-state index in [1.54, 1.807) is 22.1 Å². The maximum absolute atomic E-state index is 11.8. The number of carbonyl (C=O) groups is 2. The summed E-state index contributed by atoms with van der Waals surface area (Å²) in [5.74, 6) is -0.656. The molecule has 2 heterocycles. The number of hydrogen-bond acceptors (Lipinski definition) is 8. The van der Waals surface area contributed by atoms with Crippen molar-refractivity contribution in [1.82, 2.24) is 14.8 Å². The van der Waals surface area contributed by atoms with E-state index < -0.39 is 0 Å². The SMILES string of the molecule is CCN=CCN(C)CC(=O)O[CH-]c1cccc(CN2[CH-]OC(=O)C2)n1.[Mn+2]. The summed E-state index contributed by atoms with van der Waals surface area (Å²) in [6.45, 7) is 6.79. The number of pyridine rings is 1. The molecular formula is C17H22MnN4O4. The number of ether oxygens (including phenoxy) is 2. The summed E-state index contributed by atoms with van der Waals surface area (Å²) in [7, 11) is 1.82. The second-order valence-electron chi connectivity index (χ2n) is 5.54. The number of hydrogen-bond donors (Lipinski definition) is 0. The standard InChI is InChI=1S/C17H22N4O4.Mn/c1-3-18-7-8-20(2)10-16(22)24-12-15-6-4-5-14(19-15)9-21-11-17(23)25-13-21;/h4-7,12-13H,3,8-11H2,1-2H3;/q-2;+2. The molecule has 1 saturated heterocycles. The molecule has 0 aromatic carbocycles. The van der Waals surface area contributed by atoms with Crippen molar-refractivity contribution in [1.29, 1.82) is 0 Å². The van der Waals surface area contributed by atoms with Gasteiger partial charge in [-0.25, -0.2) is 0 Å². The normalized spacial score (nSPS) is 14.3. The summed E-state index contributed by atoms with van der Waals surface area (Å²) in [5, 5.41) is 0. The topological polar surface area (TPSA) is 84.3 Å². The third-order valence-electron chi connectivity index (χ3n) is 3.27. The Kier molecular flexibility index (Phi) is 9.90. The van der Waals surface area contributed by atoms with Gasteiger partial charge in [-0.05, 0) is 20.6 Å². The molecule has 1 radical (unpaired) electrons. The maximum atomic E-state index is 11.8. The van der Waals surface area contributed by atoms with Crippen LogP contribution >= 0.6 is 0 Å². The minimum Gasteiger partial charge on any atom is -0.621 e. The van der Waals surface area contributed by atoms with E-state index in [2.05, 4.69) is 9.98 Å². The second kappa shape index (κ2) is 11.6. The van der Waals surface area contributed by atoms with Crippen molar-refractivity contribution >= 4 is 18.2 Å². The van der Waals surface area contributed by atoms with Crippen LogP contribution in [0.5, 0.6) is 0 Å². The van der Waals surface area contributed by atoms with Crippen LogP contribution in [0.25, 0.3) is 0 Å². The Bertz CT molecular complexity index is 627. The van der Waals surface area contributed by atoms with Crippen molar-refractivity contribution in [2.75, 3.05) is 33.2 Å². The average molecular weight is 401 g/mol. The Labute approximate surface area is 164 Å². The molecule has 0 bridgehead atoms. The number of esters is 2. The zero-order valence-corrected chi connectivity index (χ0v) is 16.0. The quantitative estimate of drug-likeness (QED) is 0.260. The number of carbonyl (C=O) groups excluding carboxylic acids is 2. The predicted molar refractivity (Wildman–Crippen MR) is 91.1 cm³/mol. The Morgan fingerprint density at radius 1 is 1.58 bits per heavy atom. The van der Waals surface area contributed by atoms with Crippen LogP contribution in [0, 0.1) is 13.3 Å². The van der Waals surface area contributed by atoms with Crippen LogP contribution in [0.4, 0.5) is 0 Å². The van der Waals surface area contributed by atoms with Gasteiger partial charge in [-0.15, -0.1) is 6.07 Å². The van der Waals surface area contributed by atoms with E-state index in [1.165, 1.54) is 13.3 Å². The van der Waals surface area contributed by atoms with Crippen LogP contribution < -0.4 is 0 Å². The molecule has 1 aliphatic heterocycles. The molecule has 1 aromatic heterocycles. The van der Waals surface area contributed by atoms with Crippen molar-refractivity contribution in [3.05, 3.63) is 42.9 Å². The number of aliphatic imine (C=N–C) groups is 1. The fraction of sp³-hybridized carbons (Fsp3) is 0.412. The first-order chi connectivity index (χ1) is 12.1.